The molecule has 0 amide bonds. The van der Waals surface area contributed by atoms with Crippen LogP contribution in [-0.2, 0) is 11.2 Å². The summed E-state index contributed by atoms with van der Waals surface area (Å²) in [6.45, 7) is 0. The normalized spacial score (nSPS) is 17.3. The summed E-state index contributed by atoms with van der Waals surface area (Å²) < 4.78 is 1.05. The lowest BCUT2D eigenvalue weighted by molar-refractivity contribution is -0.123. The van der Waals surface area contributed by atoms with Crippen LogP contribution in [0.3, 0.4) is 0 Å². The predicted octanol–water partition coefficient (Wildman–Crippen LogP) is 4.14. The molecule has 1 aliphatic rings. The van der Waals surface area contributed by atoms with Crippen LogP contribution in [0.2, 0.25) is 0 Å². The van der Waals surface area contributed by atoms with Gasteiger partial charge in [0.15, 0.2) is 0 Å². The zero-order valence-corrected chi connectivity index (χ0v) is 11.0. The summed E-state index contributed by atoms with van der Waals surface area (Å²) in [4.78, 5) is 12.1. The van der Waals surface area contributed by atoms with E-state index in [1.165, 1.54) is 19.3 Å². The van der Waals surface area contributed by atoms with Gasteiger partial charge in [-0.2, -0.15) is 0 Å². The van der Waals surface area contributed by atoms with E-state index in [0.29, 0.717) is 18.1 Å². The van der Waals surface area contributed by atoms with Crippen molar-refractivity contribution in [2.24, 2.45) is 5.92 Å². The van der Waals surface area contributed by atoms with Crippen LogP contribution < -0.4 is 0 Å². The lowest BCUT2D eigenvalue weighted by Gasteiger charge is -2.20. The Morgan fingerprint density at radius 3 is 2.56 bits per heavy atom. The first-order valence-corrected chi connectivity index (χ1v) is 6.83. The third kappa shape index (κ3) is 2.94. The number of hydrogen-bond acceptors (Lipinski definition) is 1. The molecule has 0 bridgehead atoms. The summed E-state index contributed by atoms with van der Waals surface area (Å²) in [5, 5.41) is 0. The summed E-state index contributed by atoms with van der Waals surface area (Å²) in [5.41, 5.74) is 1.12. The molecule has 0 N–H and O–H groups in total. The predicted molar refractivity (Wildman–Crippen MR) is 69.4 cm³/mol. The molecule has 2 rings (SSSR count). The summed E-state index contributed by atoms with van der Waals surface area (Å²) in [5.74, 6) is 0.743. The highest BCUT2D eigenvalue weighted by molar-refractivity contribution is 9.10. The molecule has 0 aromatic heterocycles. The number of halogens is 1. The molecule has 1 fully saturated rings. The quantitative estimate of drug-likeness (QED) is 0.813. The SMILES string of the molecule is O=C(Cc1ccccc1Br)C1CCCCC1. The van der Waals surface area contributed by atoms with Crippen molar-refractivity contribution in [1.82, 2.24) is 0 Å². The maximum absolute atomic E-state index is 12.1. The Hall–Kier alpha value is -0.630. The highest BCUT2D eigenvalue weighted by atomic mass is 79.9. The molecule has 1 nitrogen and oxygen atoms in total. The van der Waals surface area contributed by atoms with Crippen molar-refractivity contribution in [3.05, 3.63) is 34.3 Å². The van der Waals surface area contributed by atoms with Crippen LogP contribution in [0.5, 0.6) is 0 Å². The Kier molecular flexibility index (Phi) is 4.16. The second-order valence-electron chi connectivity index (χ2n) is 4.57. The fraction of sp³-hybridized carbons (Fsp3) is 0.500. The van der Waals surface area contributed by atoms with Crippen LogP contribution >= 0.6 is 15.9 Å². The van der Waals surface area contributed by atoms with Crippen LogP contribution in [0.15, 0.2) is 28.7 Å². The molecular weight excluding hydrogens is 264 g/mol. The fourth-order valence-corrected chi connectivity index (χ4v) is 2.82. The van der Waals surface area contributed by atoms with Gasteiger partial charge in [-0.1, -0.05) is 53.4 Å². The minimum Gasteiger partial charge on any atom is -0.299 e. The molecule has 0 aliphatic heterocycles. The topological polar surface area (TPSA) is 17.1 Å². The van der Waals surface area contributed by atoms with E-state index in [1.807, 2.05) is 24.3 Å². The first-order chi connectivity index (χ1) is 7.77. The number of ketones is 1. The zero-order valence-electron chi connectivity index (χ0n) is 9.42. The zero-order chi connectivity index (χ0) is 11.4. The summed E-state index contributed by atoms with van der Waals surface area (Å²) in [6, 6.07) is 8.02. The second-order valence-corrected chi connectivity index (χ2v) is 5.42. The molecule has 0 spiro atoms. The monoisotopic (exact) mass is 280 g/mol. The Morgan fingerprint density at radius 2 is 1.88 bits per heavy atom. The van der Waals surface area contributed by atoms with Crippen molar-refractivity contribution in [3.8, 4) is 0 Å². The van der Waals surface area contributed by atoms with Crippen molar-refractivity contribution >= 4 is 21.7 Å². The maximum Gasteiger partial charge on any atom is 0.140 e. The van der Waals surface area contributed by atoms with Gasteiger partial charge in [-0.25, -0.2) is 0 Å². The van der Waals surface area contributed by atoms with Gasteiger partial charge >= 0.3 is 0 Å². The van der Waals surface area contributed by atoms with Gasteiger partial charge in [-0.15, -0.1) is 0 Å². The Labute approximate surface area is 105 Å². The molecule has 0 atom stereocenters. The van der Waals surface area contributed by atoms with Gasteiger partial charge in [-0.05, 0) is 24.5 Å². The molecular formula is C14H17BrO. The number of carbonyl (C=O) groups excluding carboxylic acids is 1. The lowest BCUT2D eigenvalue weighted by atomic mass is 9.84. The molecule has 16 heavy (non-hydrogen) atoms. The van der Waals surface area contributed by atoms with E-state index < -0.39 is 0 Å². The lowest BCUT2D eigenvalue weighted by Crippen LogP contribution is -2.19. The molecule has 1 aromatic rings. The molecule has 1 saturated carbocycles. The Morgan fingerprint density at radius 1 is 1.19 bits per heavy atom. The molecule has 1 aromatic carbocycles. The van der Waals surface area contributed by atoms with E-state index in [0.717, 1.165) is 22.9 Å². The Balaban J connectivity index is 1.99. The Bertz CT molecular complexity index is 367. The highest BCUT2D eigenvalue weighted by Gasteiger charge is 2.21. The summed E-state index contributed by atoms with van der Waals surface area (Å²) in [6.07, 6.45) is 6.55. The second kappa shape index (κ2) is 5.62. The molecule has 0 radical (unpaired) electrons. The first-order valence-electron chi connectivity index (χ1n) is 6.03. The fourth-order valence-electron chi connectivity index (χ4n) is 2.40. The third-order valence-electron chi connectivity index (χ3n) is 3.38. The van der Waals surface area contributed by atoms with Crippen molar-refractivity contribution in [3.63, 3.8) is 0 Å². The number of benzene rings is 1. The molecule has 86 valence electrons. The van der Waals surface area contributed by atoms with E-state index in [-0.39, 0.29) is 0 Å². The van der Waals surface area contributed by atoms with E-state index in [4.69, 9.17) is 0 Å². The van der Waals surface area contributed by atoms with E-state index in [1.54, 1.807) is 0 Å². The average Bonchev–Trinajstić information content (AvgIpc) is 2.33. The van der Waals surface area contributed by atoms with Gasteiger partial charge in [0.2, 0.25) is 0 Å². The number of carbonyl (C=O) groups is 1. The van der Waals surface area contributed by atoms with Crippen LogP contribution in [0, 0.1) is 5.92 Å². The van der Waals surface area contributed by atoms with E-state index in [2.05, 4.69) is 15.9 Å². The highest BCUT2D eigenvalue weighted by Crippen LogP contribution is 2.26. The van der Waals surface area contributed by atoms with E-state index >= 15 is 0 Å². The number of rotatable bonds is 3. The smallest absolute Gasteiger partial charge is 0.140 e. The van der Waals surface area contributed by atoms with Crippen LogP contribution in [0.25, 0.3) is 0 Å². The van der Waals surface area contributed by atoms with Gasteiger partial charge in [0.1, 0.15) is 5.78 Å². The molecule has 1 aliphatic carbocycles. The van der Waals surface area contributed by atoms with Crippen LogP contribution in [0.1, 0.15) is 37.7 Å². The van der Waals surface area contributed by atoms with Crippen molar-refractivity contribution in [1.29, 1.82) is 0 Å². The summed E-state index contributed by atoms with van der Waals surface area (Å²) >= 11 is 3.50. The molecule has 0 heterocycles. The van der Waals surface area contributed by atoms with Gasteiger partial charge in [0.25, 0.3) is 0 Å². The number of hydrogen-bond donors (Lipinski definition) is 0. The van der Waals surface area contributed by atoms with Crippen LogP contribution in [0.4, 0.5) is 0 Å². The summed E-state index contributed by atoms with van der Waals surface area (Å²) in [7, 11) is 0. The minimum atomic E-state index is 0.320. The van der Waals surface area contributed by atoms with Crippen molar-refractivity contribution in [2.45, 2.75) is 38.5 Å². The van der Waals surface area contributed by atoms with Gasteiger partial charge in [0.05, 0.1) is 0 Å². The van der Waals surface area contributed by atoms with E-state index in [9.17, 15) is 4.79 Å². The van der Waals surface area contributed by atoms with Crippen molar-refractivity contribution < 1.29 is 4.79 Å². The van der Waals surface area contributed by atoms with Crippen LogP contribution in [-0.4, -0.2) is 5.78 Å². The largest absolute Gasteiger partial charge is 0.299 e. The average molecular weight is 281 g/mol. The van der Waals surface area contributed by atoms with Gasteiger partial charge in [-0.3, -0.25) is 4.79 Å². The minimum absolute atomic E-state index is 0.320. The maximum atomic E-state index is 12.1. The number of Topliss-reactive ketones (excluding diaryl/α,β-unsaturated/α-hetero) is 1. The van der Waals surface area contributed by atoms with Gasteiger partial charge in [0, 0.05) is 16.8 Å². The molecule has 0 saturated heterocycles. The van der Waals surface area contributed by atoms with Crippen molar-refractivity contribution in [2.75, 3.05) is 0 Å². The van der Waals surface area contributed by atoms with Gasteiger partial charge < -0.3 is 0 Å². The third-order valence-corrected chi connectivity index (χ3v) is 4.16. The first kappa shape index (κ1) is 11.8. The standard InChI is InChI=1S/C14H17BrO/c15-13-9-5-4-8-12(13)10-14(16)11-6-2-1-3-7-11/h4-5,8-9,11H,1-3,6-7,10H2. The molecule has 0 unspecified atom stereocenters. The molecule has 2 heteroatoms.